The molecule has 1 aromatic rings. The number of hydrogen-bond acceptors (Lipinski definition) is 6. The molecule has 1 aliphatic heterocycles. The van der Waals surface area contributed by atoms with Crippen LogP contribution in [0.5, 0.6) is 0 Å². The van der Waals surface area contributed by atoms with Gasteiger partial charge < -0.3 is 14.3 Å². The molecule has 2 rings (SSSR count). The fraction of sp³-hybridized carbons (Fsp3) is 0.750. The molecule has 0 aromatic carbocycles. The van der Waals surface area contributed by atoms with E-state index in [0.717, 1.165) is 13.0 Å². The van der Waals surface area contributed by atoms with Crippen molar-refractivity contribution in [2.24, 2.45) is 5.92 Å². The molecule has 2 heterocycles. The van der Waals surface area contributed by atoms with Crippen LogP contribution in [0.15, 0.2) is 4.42 Å². The third-order valence-corrected chi connectivity index (χ3v) is 3.25. The molecule has 1 aliphatic rings. The normalized spacial score (nSPS) is 23.1. The Labute approximate surface area is 111 Å². The van der Waals surface area contributed by atoms with Gasteiger partial charge in [0.15, 0.2) is 0 Å². The van der Waals surface area contributed by atoms with Gasteiger partial charge in [-0.05, 0) is 13.0 Å². The number of aliphatic carboxylic acids is 1. The van der Waals surface area contributed by atoms with Gasteiger partial charge in [-0.3, -0.25) is 9.69 Å². The van der Waals surface area contributed by atoms with Crippen molar-refractivity contribution in [3.8, 4) is 0 Å². The van der Waals surface area contributed by atoms with Crippen LogP contribution in [0.4, 0.5) is 0 Å². The minimum Gasteiger partial charge on any atom is -0.481 e. The van der Waals surface area contributed by atoms with E-state index in [-0.39, 0.29) is 12.6 Å². The van der Waals surface area contributed by atoms with E-state index in [4.69, 9.17) is 9.15 Å². The Kier molecular flexibility index (Phi) is 4.49. The van der Waals surface area contributed by atoms with Gasteiger partial charge in [-0.1, -0.05) is 6.92 Å². The van der Waals surface area contributed by atoms with Gasteiger partial charge in [-0.15, -0.1) is 10.2 Å². The number of nitrogens with zero attached hydrogens (tertiary/aromatic N) is 3. The summed E-state index contributed by atoms with van der Waals surface area (Å²) in [6.07, 6.45) is 0.927. The first-order valence-corrected chi connectivity index (χ1v) is 6.45. The van der Waals surface area contributed by atoms with Gasteiger partial charge in [-0.25, -0.2) is 0 Å². The highest BCUT2D eigenvalue weighted by Crippen LogP contribution is 2.22. The Morgan fingerprint density at radius 2 is 2.26 bits per heavy atom. The zero-order valence-electron chi connectivity index (χ0n) is 11.2. The van der Waals surface area contributed by atoms with E-state index in [1.807, 2.05) is 0 Å². The summed E-state index contributed by atoms with van der Waals surface area (Å²) in [6.45, 7) is 5.73. The molecule has 0 bridgehead atoms. The summed E-state index contributed by atoms with van der Waals surface area (Å²) >= 11 is 0. The van der Waals surface area contributed by atoms with Crippen LogP contribution < -0.4 is 0 Å². The number of aryl methyl sites for hydroxylation is 1. The molecule has 1 fully saturated rings. The fourth-order valence-electron chi connectivity index (χ4n) is 2.36. The van der Waals surface area contributed by atoms with Crippen molar-refractivity contribution in [1.82, 2.24) is 15.1 Å². The summed E-state index contributed by atoms with van der Waals surface area (Å²) in [5.41, 5.74) is 0. The molecule has 1 N–H and O–H groups in total. The Morgan fingerprint density at radius 1 is 1.47 bits per heavy atom. The lowest BCUT2D eigenvalue weighted by Gasteiger charge is -2.28. The molecular formula is C12H19N3O4. The van der Waals surface area contributed by atoms with Crippen molar-refractivity contribution in [1.29, 1.82) is 0 Å². The molecule has 0 spiro atoms. The van der Waals surface area contributed by atoms with Gasteiger partial charge in [0.05, 0.1) is 25.7 Å². The van der Waals surface area contributed by atoms with Crippen LogP contribution >= 0.6 is 0 Å². The zero-order chi connectivity index (χ0) is 13.8. The van der Waals surface area contributed by atoms with Gasteiger partial charge in [0, 0.05) is 13.0 Å². The van der Waals surface area contributed by atoms with Crippen LogP contribution in [-0.2, 0) is 16.1 Å². The summed E-state index contributed by atoms with van der Waals surface area (Å²) < 4.78 is 10.7. The Bertz CT molecular complexity index is 434. The molecule has 19 heavy (non-hydrogen) atoms. The zero-order valence-corrected chi connectivity index (χ0v) is 11.2. The van der Waals surface area contributed by atoms with E-state index in [9.17, 15) is 9.90 Å². The second-order valence-electron chi connectivity index (χ2n) is 4.73. The topological polar surface area (TPSA) is 88.7 Å². The van der Waals surface area contributed by atoms with E-state index in [2.05, 4.69) is 22.0 Å². The number of carboxylic acid groups (broad SMARTS) is 1. The lowest BCUT2D eigenvalue weighted by atomic mass is 10.0. The van der Waals surface area contributed by atoms with E-state index < -0.39 is 11.9 Å². The maximum Gasteiger partial charge on any atom is 0.310 e. The average Bonchev–Trinajstić information content (AvgIpc) is 2.97. The highest BCUT2D eigenvalue weighted by atomic mass is 16.5. The third kappa shape index (κ3) is 3.30. The molecule has 7 heteroatoms. The van der Waals surface area contributed by atoms with Crippen LogP contribution in [0.1, 0.15) is 25.1 Å². The molecule has 1 saturated heterocycles. The van der Waals surface area contributed by atoms with E-state index in [1.165, 1.54) is 0 Å². The predicted molar refractivity (Wildman–Crippen MR) is 65.5 cm³/mol. The van der Waals surface area contributed by atoms with Gasteiger partial charge in [0.1, 0.15) is 0 Å². The quantitative estimate of drug-likeness (QED) is 0.812. The van der Waals surface area contributed by atoms with E-state index in [0.29, 0.717) is 24.9 Å². The predicted octanol–water partition coefficient (Wildman–Crippen LogP) is 0.690. The first-order chi connectivity index (χ1) is 9.11. The number of carbonyl (C=O) groups is 1. The van der Waals surface area contributed by atoms with Crippen molar-refractivity contribution < 1.29 is 19.1 Å². The van der Waals surface area contributed by atoms with Crippen molar-refractivity contribution in [2.75, 3.05) is 19.8 Å². The maximum atomic E-state index is 11.2. The smallest absolute Gasteiger partial charge is 0.310 e. The SMILES string of the molecule is CCCN(Cc1nnc(C)o1)C1COCC1C(=O)O. The maximum absolute atomic E-state index is 11.2. The Morgan fingerprint density at radius 3 is 2.84 bits per heavy atom. The average molecular weight is 269 g/mol. The summed E-state index contributed by atoms with van der Waals surface area (Å²) in [4.78, 5) is 13.3. The van der Waals surface area contributed by atoms with Crippen molar-refractivity contribution >= 4 is 5.97 Å². The summed E-state index contributed by atoms with van der Waals surface area (Å²) in [5.74, 6) is -0.272. The standard InChI is InChI=1S/C12H19N3O4/c1-3-4-15(5-11-14-13-8(2)19-11)10-7-18-6-9(10)12(16)17/h9-10H,3-7H2,1-2H3,(H,16,17). The first-order valence-electron chi connectivity index (χ1n) is 6.45. The van der Waals surface area contributed by atoms with Crippen LogP contribution in [0.2, 0.25) is 0 Å². The minimum absolute atomic E-state index is 0.135. The molecule has 106 valence electrons. The van der Waals surface area contributed by atoms with Gasteiger partial charge in [-0.2, -0.15) is 0 Å². The highest BCUT2D eigenvalue weighted by molar-refractivity contribution is 5.71. The molecule has 0 radical (unpaired) electrons. The van der Waals surface area contributed by atoms with Gasteiger partial charge >= 0.3 is 5.97 Å². The second-order valence-corrected chi connectivity index (χ2v) is 4.73. The summed E-state index contributed by atoms with van der Waals surface area (Å²) in [5, 5.41) is 17.0. The molecule has 2 unspecified atom stereocenters. The number of rotatable bonds is 6. The fourth-order valence-corrected chi connectivity index (χ4v) is 2.36. The van der Waals surface area contributed by atoms with E-state index in [1.54, 1.807) is 6.92 Å². The number of carboxylic acids is 1. The molecular weight excluding hydrogens is 250 g/mol. The summed E-state index contributed by atoms with van der Waals surface area (Å²) in [7, 11) is 0. The lowest BCUT2D eigenvalue weighted by Crippen LogP contribution is -2.43. The van der Waals surface area contributed by atoms with Crippen molar-refractivity contribution in [2.45, 2.75) is 32.9 Å². The van der Waals surface area contributed by atoms with Gasteiger partial charge in [0.2, 0.25) is 11.8 Å². The largest absolute Gasteiger partial charge is 0.481 e. The number of ether oxygens (including phenoxy) is 1. The molecule has 2 atom stereocenters. The van der Waals surface area contributed by atoms with Crippen molar-refractivity contribution in [3.05, 3.63) is 11.8 Å². The van der Waals surface area contributed by atoms with E-state index >= 15 is 0 Å². The Balaban J connectivity index is 2.08. The molecule has 7 nitrogen and oxygen atoms in total. The highest BCUT2D eigenvalue weighted by Gasteiger charge is 2.38. The molecule has 0 saturated carbocycles. The number of hydrogen-bond donors (Lipinski definition) is 1. The van der Waals surface area contributed by atoms with Crippen LogP contribution in [0, 0.1) is 12.8 Å². The lowest BCUT2D eigenvalue weighted by molar-refractivity contribution is -0.143. The molecule has 0 amide bonds. The minimum atomic E-state index is -0.815. The third-order valence-electron chi connectivity index (χ3n) is 3.25. The van der Waals surface area contributed by atoms with Crippen LogP contribution in [-0.4, -0.2) is 52.0 Å². The van der Waals surface area contributed by atoms with Gasteiger partial charge in [0.25, 0.3) is 0 Å². The van der Waals surface area contributed by atoms with Crippen molar-refractivity contribution in [3.63, 3.8) is 0 Å². The molecule has 1 aromatic heterocycles. The number of aromatic nitrogens is 2. The van der Waals surface area contributed by atoms with Crippen LogP contribution in [0.3, 0.4) is 0 Å². The molecule has 0 aliphatic carbocycles. The monoisotopic (exact) mass is 269 g/mol. The van der Waals surface area contributed by atoms with Crippen LogP contribution in [0.25, 0.3) is 0 Å². The Hall–Kier alpha value is -1.47. The second kappa shape index (κ2) is 6.12. The first kappa shape index (κ1) is 14.0. The summed E-state index contributed by atoms with van der Waals surface area (Å²) in [6, 6.07) is -0.135.